The fourth-order valence-corrected chi connectivity index (χ4v) is 3.46. The van der Waals surface area contributed by atoms with Crippen molar-refractivity contribution in [2.45, 2.75) is 19.7 Å². The molecular weight excluding hydrogens is 445 g/mol. The van der Waals surface area contributed by atoms with Crippen molar-refractivity contribution in [1.29, 1.82) is 0 Å². The Morgan fingerprint density at radius 2 is 1.82 bits per heavy atom. The quantitative estimate of drug-likeness (QED) is 0.436. The molecule has 3 aromatic rings. The van der Waals surface area contributed by atoms with Crippen LogP contribution in [0.4, 0.5) is 4.39 Å². The zero-order valence-electron chi connectivity index (χ0n) is 15.3. The first kappa shape index (κ1) is 20.6. The molecule has 1 N–H and O–H groups in total. The highest BCUT2D eigenvalue weighted by Crippen LogP contribution is 2.37. The van der Waals surface area contributed by atoms with Crippen molar-refractivity contribution >= 4 is 27.5 Å². The third-order valence-corrected chi connectivity index (χ3v) is 5.34. The molecule has 3 nitrogen and oxygen atoms in total. The molecule has 0 spiro atoms. The smallest absolute Gasteiger partial charge is 0.167 e. The molecule has 0 aromatic heterocycles. The minimum atomic E-state index is -0.375. The molecular formula is C22H20BrClFNO2. The third kappa shape index (κ3) is 5.25. The summed E-state index contributed by atoms with van der Waals surface area (Å²) in [7, 11) is 1.60. The molecule has 0 amide bonds. The van der Waals surface area contributed by atoms with E-state index in [2.05, 4.69) is 33.4 Å². The summed E-state index contributed by atoms with van der Waals surface area (Å²) in [6, 6.07) is 18.2. The van der Waals surface area contributed by atoms with Crippen molar-refractivity contribution < 1.29 is 13.9 Å². The van der Waals surface area contributed by atoms with E-state index in [-0.39, 0.29) is 12.4 Å². The largest absolute Gasteiger partial charge is 0.493 e. The van der Waals surface area contributed by atoms with E-state index < -0.39 is 0 Å². The van der Waals surface area contributed by atoms with Crippen LogP contribution in [0.3, 0.4) is 0 Å². The van der Waals surface area contributed by atoms with Gasteiger partial charge < -0.3 is 14.8 Å². The molecule has 3 aromatic carbocycles. The van der Waals surface area contributed by atoms with Gasteiger partial charge >= 0.3 is 0 Å². The molecule has 0 heterocycles. The van der Waals surface area contributed by atoms with Gasteiger partial charge in [-0.3, -0.25) is 0 Å². The zero-order chi connectivity index (χ0) is 19.9. The SMILES string of the molecule is COc1ccc(Br)c(CNCc2ccccc2)c1OCc1ccc(F)cc1Cl. The Morgan fingerprint density at radius 3 is 2.54 bits per heavy atom. The fourth-order valence-electron chi connectivity index (χ4n) is 2.78. The number of rotatable bonds is 8. The number of methoxy groups -OCH3 is 1. The second kappa shape index (κ2) is 9.92. The van der Waals surface area contributed by atoms with E-state index >= 15 is 0 Å². The highest BCUT2D eigenvalue weighted by atomic mass is 79.9. The molecule has 0 radical (unpaired) electrons. The van der Waals surface area contributed by atoms with Crippen molar-refractivity contribution in [3.05, 3.63) is 92.7 Å². The molecule has 0 saturated carbocycles. The van der Waals surface area contributed by atoms with Gasteiger partial charge in [-0.05, 0) is 29.8 Å². The van der Waals surface area contributed by atoms with Gasteiger partial charge in [0.1, 0.15) is 12.4 Å². The molecule has 0 bridgehead atoms. The number of halogens is 3. The van der Waals surface area contributed by atoms with Crippen LogP contribution in [0.15, 0.2) is 65.1 Å². The second-order valence-corrected chi connectivity index (χ2v) is 7.43. The molecule has 28 heavy (non-hydrogen) atoms. The molecule has 0 saturated heterocycles. The summed E-state index contributed by atoms with van der Waals surface area (Å²) >= 11 is 9.72. The van der Waals surface area contributed by atoms with Gasteiger partial charge in [0.15, 0.2) is 11.5 Å². The van der Waals surface area contributed by atoms with E-state index in [4.69, 9.17) is 21.1 Å². The zero-order valence-corrected chi connectivity index (χ0v) is 17.7. The second-order valence-electron chi connectivity index (χ2n) is 6.17. The van der Waals surface area contributed by atoms with Gasteiger partial charge in [-0.2, -0.15) is 0 Å². The standard InChI is InChI=1S/C22H20BrClFNO2/c1-27-21-10-9-19(23)18(13-26-12-15-5-3-2-4-6-15)22(21)28-14-16-7-8-17(25)11-20(16)24/h2-11,26H,12-14H2,1H3. The Morgan fingerprint density at radius 1 is 1.04 bits per heavy atom. The Kier molecular flexibility index (Phi) is 7.31. The van der Waals surface area contributed by atoms with Crippen LogP contribution in [-0.2, 0) is 19.7 Å². The predicted molar refractivity (Wildman–Crippen MR) is 113 cm³/mol. The van der Waals surface area contributed by atoms with Gasteiger partial charge in [0.05, 0.1) is 12.1 Å². The molecule has 0 aliphatic carbocycles. The molecule has 3 rings (SSSR count). The monoisotopic (exact) mass is 463 g/mol. The van der Waals surface area contributed by atoms with Crippen LogP contribution in [0.25, 0.3) is 0 Å². The first-order valence-corrected chi connectivity index (χ1v) is 9.92. The number of ether oxygens (including phenoxy) is 2. The van der Waals surface area contributed by atoms with Crippen LogP contribution >= 0.6 is 27.5 Å². The Bertz CT molecular complexity index is 937. The molecule has 146 valence electrons. The normalized spacial score (nSPS) is 10.7. The highest BCUT2D eigenvalue weighted by Gasteiger charge is 2.15. The summed E-state index contributed by atoms with van der Waals surface area (Å²) in [5.41, 5.74) is 2.84. The number of hydrogen-bond acceptors (Lipinski definition) is 3. The number of nitrogens with one attached hydrogen (secondary N) is 1. The molecule has 0 atom stereocenters. The van der Waals surface area contributed by atoms with E-state index in [0.29, 0.717) is 28.6 Å². The Labute approximate surface area is 177 Å². The van der Waals surface area contributed by atoms with Gasteiger partial charge in [0.2, 0.25) is 0 Å². The topological polar surface area (TPSA) is 30.5 Å². The summed E-state index contributed by atoms with van der Waals surface area (Å²) in [6.45, 7) is 1.52. The molecule has 6 heteroatoms. The summed E-state index contributed by atoms with van der Waals surface area (Å²) < 4.78 is 25.7. The van der Waals surface area contributed by atoms with Crippen molar-refractivity contribution in [1.82, 2.24) is 5.32 Å². The lowest BCUT2D eigenvalue weighted by Crippen LogP contribution is -2.14. The lowest BCUT2D eigenvalue weighted by Gasteiger charge is -2.17. The maximum Gasteiger partial charge on any atom is 0.167 e. The summed E-state index contributed by atoms with van der Waals surface area (Å²) in [4.78, 5) is 0. The fraction of sp³-hybridized carbons (Fsp3) is 0.182. The summed E-state index contributed by atoms with van der Waals surface area (Å²) in [5, 5.41) is 3.76. The minimum absolute atomic E-state index is 0.206. The van der Waals surface area contributed by atoms with Crippen molar-refractivity contribution in [3.8, 4) is 11.5 Å². The summed E-state index contributed by atoms with van der Waals surface area (Å²) in [5.74, 6) is 0.871. The van der Waals surface area contributed by atoms with E-state index in [1.807, 2.05) is 30.3 Å². The summed E-state index contributed by atoms with van der Waals surface area (Å²) in [6.07, 6.45) is 0. The highest BCUT2D eigenvalue weighted by molar-refractivity contribution is 9.10. The molecule has 0 unspecified atom stereocenters. The van der Waals surface area contributed by atoms with Gasteiger partial charge in [0, 0.05) is 28.7 Å². The van der Waals surface area contributed by atoms with Crippen LogP contribution in [-0.4, -0.2) is 7.11 Å². The number of benzene rings is 3. The van der Waals surface area contributed by atoms with Crippen LogP contribution in [0.1, 0.15) is 16.7 Å². The predicted octanol–water partition coefficient (Wildman–Crippen LogP) is 6.12. The van der Waals surface area contributed by atoms with Gasteiger partial charge in [-0.25, -0.2) is 4.39 Å². The Balaban J connectivity index is 1.77. The van der Waals surface area contributed by atoms with Crippen LogP contribution in [0.5, 0.6) is 11.5 Å². The first-order valence-electron chi connectivity index (χ1n) is 8.75. The van der Waals surface area contributed by atoms with Gasteiger partial charge in [0.25, 0.3) is 0 Å². The average Bonchev–Trinajstić information content (AvgIpc) is 2.70. The number of hydrogen-bond donors (Lipinski definition) is 1. The minimum Gasteiger partial charge on any atom is -0.493 e. The van der Waals surface area contributed by atoms with Gasteiger partial charge in [-0.15, -0.1) is 0 Å². The lowest BCUT2D eigenvalue weighted by atomic mass is 10.1. The van der Waals surface area contributed by atoms with Crippen LogP contribution < -0.4 is 14.8 Å². The van der Waals surface area contributed by atoms with Crippen molar-refractivity contribution in [2.24, 2.45) is 0 Å². The Hall–Kier alpha value is -2.08. The van der Waals surface area contributed by atoms with Crippen LogP contribution in [0.2, 0.25) is 5.02 Å². The van der Waals surface area contributed by atoms with E-state index in [1.165, 1.54) is 17.7 Å². The maximum absolute atomic E-state index is 13.3. The average molecular weight is 465 g/mol. The maximum atomic E-state index is 13.3. The first-order chi connectivity index (χ1) is 13.6. The lowest BCUT2D eigenvalue weighted by molar-refractivity contribution is 0.280. The molecule has 0 fully saturated rings. The van der Waals surface area contributed by atoms with E-state index in [0.717, 1.165) is 16.6 Å². The van der Waals surface area contributed by atoms with Gasteiger partial charge in [-0.1, -0.05) is 63.9 Å². The van der Waals surface area contributed by atoms with Crippen molar-refractivity contribution in [2.75, 3.05) is 7.11 Å². The molecule has 0 aliphatic rings. The molecule has 0 aliphatic heterocycles. The third-order valence-electron chi connectivity index (χ3n) is 4.25. The van der Waals surface area contributed by atoms with Crippen LogP contribution in [0, 0.1) is 5.82 Å². The van der Waals surface area contributed by atoms with E-state index in [9.17, 15) is 4.39 Å². The van der Waals surface area contributed by atoms with Crippen molar-refractivity contribution in [3.63, 3.8) is 0 Å². The van der Waals surface area contributed by atoms with E-state index in [1.54, 1.807) is 13.2 Å².